The summed E-state index contributed by atoms with van der Waals surface area (Å²) in [5.41, 5.74) is 2.21. The van der Waals surface area contributed by atoms with Crippen molar-refractivity contribution in [3.8, 4) is 5.75 Å². The zero-order valence-corrected chi connectivity index (χ0v) is 15.8. The molecule has 3 heteroatoms. The fraction of sp³-hybridized carbons (Fsp3) is 0.353. The third kappa shape index (κ3) is 7.78. The summed E-state index contributed by atoms with van der Waals surface area (Å²) >= 11 is 1.75. The van der Waals surface area contributed by atoms with Gasteiger partial charge in [0.05, 0.1) is 0 Å². The average Bonchev–Trinajstić information content (AvgIpc) is 2.83. The summed E-state index contributed by atoms with van der Waals surface area (Å²) in [6.07, 6.45) is 8.82. The van der Waals surface area contributed by atoms with Crippen molar-refractivity contribution in [3.05, 3.63) is 52.8 Å². The van der Waals surface area contributed by atoms with Gasteiger partial charge in [0.2, 0.25) is 0 Å². The molecule has 1 aromatic rings. The number of aromatic hydroxyl groups is 1. The third-order valence-corrected chi connectivity index (χ3v) is 4.67. The number of aryl methyl sites for hydroxylation is 2. The standard InChI is InChI=1S/C8H10O.C8H13Si.CH2.Ti/c1-6-3-7(2)5-8(9)4-6;1-9(2,3)8-6-4-5-7-8;;/h3-5,9H,1-2H3;4,6H,5H2,1-3H3;1H2;/q;-1;;+1. The van der Waals surface area contributed by atoms with E-state index in [-0.39, 0.29) is 0 Å². The molecule has 0 unspecified atom stereocenters. The van der Waals surface area contributed by atoms with Gasteiger partial charge >= 0.3 is 24.8 Å². The van der Waals surface area contributed by atoms with Crippen LogP contribution in [0, 0.1) is 19.9 Å². The second kappa shape index (κ2) is 9.28. The Bertz CT molecular complexity index is 434. The first-order valence-corrected chi connectivity index (χ1v) is 11.3. The van der Waals surface area contributed by atoms with E-state index in [0.717, 1.165) is 17.5 Å². The Labute approximate surface area is 136 Å². The summed E-state index contributed by atoms with van der Waals surface area (Å²) in [6.45, 7) is 11.0. The first kappa shape index (κ1) is 19.3. The van der Waals surface area contributed by atoms with E-state index in [2.05, 4.69) is 42.7 Å². The zero-order chi connectivity index (χ0) is 15.8. The second-order valence-corrected chi connectivity index (χ2v) is 10.8. The van der Waals surface area contributed by atoms with Gasteiger partial charge in [0.1, 0.15) is 5.75 Å². The quantitative estimate of drug-likeness (QED) is 0.595. The van der Waals surface area contributed by atoms with Crippen LogP contribution in [0.1, 0.15) is 17.5 Å². The molecule has 20 heavy (non-hydrogen) atoms. The van der Waals surface area contributed by atoms with E-state index in [1.807, 2.05) is 19.9 Å². The van der Waals surface area contributed by atoms with E-state index in [9.17, 15) is 0 Å². The van der Waals surface area contributed by atoms with Gasteiger partial charge in [-0.2, -0.15) is 6.08 Å². The van der Waals surface area contributed by atoms with Gasteiger partial charge in [0, 0.05) is 8.07 Å². The summed E-state index contributed by atoms with van der Waals surface area (Å²) in [5, 5.41) is 10.5. The molecule has 107 valence electrons. The van der Waals surface area contributed by atoms with E-state index >= 15 is 0 Å². The summed E-state index contributed by atoms with van der Waals surface area (Å²) in [5.74, 6) is 0.354. The van der Waals surface area contributed by atoms with Crippen LogP contribution in [0.2, 0.25) is 19.6 Å². The molecule has 0 heterocycles. The zero-order valence-electron chi connectivity index (χ0n) is 13.2. The summed E-state index contributed by atoms with van der Waals surface area (Å²) in [4.78, 5) is 3.25. The first-order chi connectivity index (χ1) is 9.29. The molecule has 1 N–H and O–H groups in total. The number of benzene rings is 1. The van der Waals surface area contributed by atoms with Crippen LogP contribution in [0.4, 0.5) is 0 Å². The number of phenols is 1. The fourth-order valence-electron chi connectivity index (χ4n) is 1.87. The van der Waals surface area contributed by atoms with Gasteiger partial charge < -0.3 is 5.11 Å². The van der Waals surface area contributed by atoms with Crippen molar-refractivity contribution in [2.75, 3.05) is 0 Å². The molecule has 1 aromatic carbocycles. The molecule has 2 rings (SSSR count). The molecule has 1 aliphatic carbocycles. The molecule has 0 saturated heterocycles. The Morgan fingerprint density at radius 2 is 1.60 bits per heavy atom. The second-order valence-electron chi connectivity index (χ2n) is 5.79. The maximum atomic E-state index is 8.99. The molecule has 0 aliphatic heterocycles. The molecular weight excluding hydrogens is 296 g/mol. The Morgan fingerprint density at radius 1 is 1.10 bits per heavy atom. The molecule has 1 aliphatic rings. The molecule has 0 saturated carbocycles. The van der Waals surface area contributed by atoms with Gasteiger partial charge in [-0.3, -0.25) is 6.08 Å². The van der Waals surface area contributed by atoms with E-state index in [1.54, 1.807) is 32.1 Å². The van der Waals surface area contributed by atoms with Gasteiger partial charge in [0.25, 0.3) is 0 Å². The number of phenolic OH excluding ortho intramolecular Hbond substituents is 1. The summed E-state index contributed by atoms with van der Waals surface area (Å²) in [7, 11) is -1.01. The topological polar surface area (TPSA) is 20.2 Å². The van der Waals surface area contributed by atoms with Crippen molar-refractivity contribution < 1.29 is 25.1 Å². The minimum atomic E-state index is -1.01. The van der Waals surface area contributed by atoms with Crippen LogP contribution in [0.5, 0.6) is 5.75 Å². The van der Waals surface area contributed by atoms with E-state index in [4.69, 9.17) is 5.11 Å². The SMILES string of the molecule is C[Si](C)(C)C1=[C-]CC=C1.Cc1cc(C)cc(O)c1.[CH2]=[Ti+]. The molecule has 0 fully saturated rings. The summed E-state index contributed by atoms with van der Waals surface area (Å²) < 4.78 is 0. The van der Waals surface area contributed by atoms with Gasteiger partial charge in [0.15, 0.2) is 0 Å². The van der Waals surface area contributed by atoms with Crippen LogP contribution < -0.4 is 0 Å². The Hall–Kier alpha value is -0.699. The number of hydrogen-bond acceptors (Lipinski definition) is 1. The normalized spacial score (nSPS) is 12.8. The Kier molecular flexibility index (Phi) is 8.95. The third-order valence-electron chi connectivity index (χ3n) is 2.71. The van der Waals surface area contributed by atoms with E-state index < -0.39 is 8.07 Å². The molecular formula is C17H25OSiTi. The molecule has 1 nitrogen and oxygen atoms in total. The first-order valence-electron chi connectivity index (χ1n) is 6.69. The van der Waals surface area contributed by atoms with Crippen LogP contribution in [0.25, 0.3) is 0 Å². The molecule has 0 atom stereocenters. The van der Waals surface area contributed by atoms with Crippen molar-refractivity contribution in [1.29, 1.82) is 0 Å². The molecule has 0 amide bonds. The monoisotopic (exact) mass is 321 g/mol. The van der Waals surface area contributed by atoms with E-state index in [0.29, 0.717) is 5.75 Å². The van der Waals surface area contributed by atoms with Gasteiger partial charge in [-0.15, -0.1) is 6.42 Å². The molecule has 0 radical (unpaired) electrons. The van der Waals surface area contributed by atoms with Gasteiger partial charge in [-0.1, -0.05) is 25.7 Å². The van der Waals surface area contributed by atoms with Crippen LogP contribution in [-0.2, 0) is 20.0 Å². The van der Waals surface area contributed by atoms with Crippen molar-refractivity contribution in [2.45, 2.75) is 39.9 Å². The predicted molar refractivity (Wildman–Crippen MR) is 88.6 cm³/mol. The van der Waals surface area contributed by atoms with Crippen LogP contribution in [0.3, 0.4) is 0 Å². The van der Waals surface area contributed by atoms with Crippen molar-refractivity contribution in [2.24, 2.45) is 0 Å². The predicted octanol–water partition coefficient (Wildman–Crippen LogP) is 4.53. The van der Waals surface area contributed by atoms with Gasteiger partial charge in [-0.05, 0) is 37.1 Å². The van der Waals surface area contributed by atoms with Crippen molar-refractivity contribution in [1.82, 2.24) is 0 Å². The molecule has 0 spiro atoms. The Morgan fingerprint density at radius 3 is 1.85 bits per heavy atom. The number of rotatable bonds is 1. The van der Waals surface area contributed by atoms with Crippen molar-refractivity contribution >= 4 is 12.9 Å². The Balaban J connectivity index is 0.000000321. The minimum absolute atomic E-state index is 0.354. The molecule has 0 bridgehead atoms. The summed E-state index contributed by atoms with van der Waals surface area (Å²) in [6, 6.07) is 5.51. The van der Waals surface area contributed by atoms with Crippen LogP contribution >= 0.6 is 0 Å². The number of hydrogen-bond donors (Lipinski definition) is 1. The molecule has 0 aromatic heterocycles. The average molecular weight is 321 g/mol. The number of allylic oxidation sites excluding steroid dienone is 4. The van der Waals surface area contributed by atoms with Crippen LogP contribution in [0.15, 0.2) is 35.5 Å². The van der Waals surface area contributed by atoms with Crippen LogP contribution in [-0.4, -0.2) is 18.0 Å². The van der Waals surface area contributed by atoms with Gasteiger partial charge in [-0.25, -0.2) is 11.3 Å². The maximum absolute atomic E-state index is 8.99. The van der Waals surface area contributed by atoms with Crippen molar-refractivity contribution in [3.63, 3.8) is 0 Å². The fourth-order valence-corrected chi connectivity index (χ4v) is 3.12. The van der Waals surface area contributed by atoms with E-state index in [1.165, 1.54) is 5.20 Å².